The zero-order valence-electron chi connectivity index (χ0n) is 17.4. The number of nitrogens with one attached hydrogen (secondary N) is 2. The molecule has 0 rings (SSSR count). The highest BCUT2D eigenvalue weighted by Gasteiger charge is 1.99. The minimum atomic E-state index is -0.0838. The smallest absolute Gasteiger partial charge is 0.243 e. The molecule has 26 heavy (non-hydrogen) atoms. The topological polar surface area (TPSA) is 64.7 Å². The Morgan fingerprint density at radius 1 is 0.731 bits per heavy atom. The van der Waals surface area contributed by atoms with E-state index in [4.69, 9.17) is 0 Å². The predicted octanol–water partition coefficient (Wildman–Crippen LogP) is 2.04. The van der Waals surface area contributed by atoms with Gasteiger partial charge in [0.1, 0.15) is 0 Å². The Labute approximate surface area is 160 Å². The number of hydrogen-bond donors (Lipinski definition) is 2. The molecule has 0 heterocycles. The molecular weight excluding hydrogens is 328 g/mol. The van der Waals surface area contributed by atoms with Crippen LogP contribution in [0.5, 0.6) is 0 Å². The van der Waals surface area contributed by atoms with Crippen molar-refractivity contribution in [2.24, 2.45) is 0 Å². The number of amides is 2. The van der Waals surface area contributed by atoms with Crippen molar-refractivity contribution >= 4 is 11.8 Å². The van der Waals surface area contributed by atoms with E-state index in [9.17, 15) is 9.59 Å². The van der Waals surface area contributed by atoms with Gasteiger partial charge in [0.15, 0.2) is 0 Å². The molecule has 0 fully saturated rings. The molecule has 0 unspecified atom stereocenters. The number of carbonyl (C=O) groups is 2. The van der Waals surface area contributed by atoms with Crippen LogP contribution in [0.25, 0.3) is 0 Å². The van der Waals surface area contributed by atoms with Crippen LogP contribution in [0.3, 0.4) is 0 Å². The van der Waals surface area contributed by atoms with E-state index < -0.39 is 0 Å². The third kappa shape index (κ3) is 17.2. The van der Waals surface area contributed by atoms with Crippen molar-refractivity contribution in [2.75, 3.05) is 52.4 Å². The number of hydrogen-bond acceptors (Lipinski definition) is 4. The molecule has 0 aromatic heterocycles. The van der Waals surface area contributed by atoms with E-state index in [1.165, 1.54) is 12.2 Å². The SMILES string of the molecule is C=CC(=O)NCCCN(CC)CC.C=CC(=O)NCCCN(CC)CC. The van der Waals surface area contributed by atoms with Crippen molar-refractivity contribution < 1.29 is 9.59 Å². The molecular formula is C20H40N4O2. The second-order valence-corrected chi connectivity index (χ2v) is 5.75. The molecule has 0 bridgehead atoms. The van der Waals surface area contributed by atoms with Gasteiger partial charge in [0.05, 0.1) is 0 Å². The third-order valence-corrected chi connectivity index (χ3v) is 4.06. The first-order valence-electron chi connectivity index (χ1n) is 9.73. The monoisotopic (exact) mass is 368 g/mol. The van der Waals surface area contributed by atoms with Crippen LogP contribution >= 0.6 is 0 Å². The lowest BCUT2D eigenvalue weighted by molar-refractivity contribution is -0.117. The van der Waals surface area contributed by atoms with Gasteiger partial charge < -0.3 is 20.4 Å². The number of rotatable bonds is 14. The molecule has 2 N–H and O–H groups in total. The van der Waals surface area contributed by atoms with Gasteiger partial charge in [-0.15, -0.1) is 0 Å². The van der Waals surface area contributed by atoms with Crippen molar-refractivity contribution in [3.8, 4) is 0 Å². The molecule has 0 radical (unpaired) electrons. The maximum atomic E-state index is 10.8. The fraction of sp³-hybridized carbons (Fsp3) is 0.700. The molecule has 0 aliphatic heterocycles. The largest absolute Gasteiger partial charge is 0.353 e. The Morgan fingerprint density at radius 2 is 1.04 bits per heavy atom. The predicted molar refractivity (Wildman–Crippen MR) is 111 cm³/mol. The average Bonchev–Trinajstić information content (AvgIpc) is 2.68. The van der Waals surface area contributed by atoms with Crippen LogP contribution in [-0.2, 0) is 9.59 Å². The van der Waals surface area contributed by atoms with Crippen LogP contribution < -0.4 is 10.6 Å². The van der Waals surface area contributed by atoms with Crippen molar-refractivity contribution in [3.05, 3.63) is 25.3 Å². The average molecular weight is 369 g/mol. The van der Waals surface area contributed by atoms with Gasteiger partial charge in [-0.3, -0.25) is 9.59 Å². The van der Waals surface area contributed by atoms with Gasteiger partial charge in [-0.05, 0) is 64.3 Å². The highest BCUT2D eigenvalue weighted by molar-refractivity contribution is 5.87. The summed E-state index contributed by atoms with van der Waals surface area (Å²) < 4.78 is 0. The molecule has 0 atom stereocenters. The molecule has 0 aliphatic carbocycles. The summed E-state index contributed by atoms with van der Waals surface area (Å²) in [5.41, 5.74) is 0. The minimum Gasteiger partial charge on any atom is -0.353 e. The Kier molecular flexibility index (Phi) is 20.1. The lowest BCUT2D eigenvalue weighted by Crippen LogP contribution is -2.28. The van der Waals surface area contributed by atoms with Crippen LogP contribution in [0.2, 0.25) is 0 Å². The van der Waals surface area contributed by atoms with Crippen LogP contribution in [0.1, 0.15) is 40.5 Å². The van der Waals surface area contributed by atoms with Gasteiger partial charge in [-0.2, -0.15) is 0 Å². The lowest BCUT2D eigenvalue weighted by Gasteiger charge is -2.17. The molecule has 6 nitrogen and oxygen atoms in total. The Bertz CT molecular complexity index is 342. The van der Waals surface area contributed by atoms with E-state index >= 15 is 0 Å². The highest BCUT2D eigenvalue weighted by atomic mass is 16.2. The van der Waals surface area contributed by atoms with E-state index in [1.54, 1.807) is 0 Å². The number of carbonyl (C=O) groups excluding carboxylic acids is 2. The molecule has 0 spiro atoms. The van der Waals surface area contributed by atoms with Crippen LogP contribution in [0.4, 0.5) is 0 Å². The lowest BCUT2D eigenvalue weighted by atomic mass is 10.3. The van der Waals surface area contributed by atoms with Crippen molar-refractivity contribution in [1.82, 2.24) is 20.4 Å². The maximum Gasteiger partial charge on any atom is 0.243 e. The summed E-state index contributed by atoms with van der Waals surface area (Å²) in [6, 6.07) is 0. The van der Waals surface area contributed by atoms with Gasteiger partial charge in [0.25, 0.3) is 0 Å². The van der Waals surface area contributed by atoms with Crippen LogP contribution in [0, 0.1) is 0 Å². The summed E-state index contributed by atoms with van der Waals surface area (Å²) in [5.74, 6) is -0.168. The molecule has 0 aromatic carbocycles. The van der Waals surface area contributed by atoms with Gasteiger partial charge in [0, 0.05) is 13.1 Å². The molecule has 0 saturated carbocycles. The van der Waals surface area contributed by atoms with Gasteiger partial charge in [0.2, 0.25) is 11.8 Å². The Hall–Kier alpha value is -1.66. The molecule has 0 aromatic rings. The normalized spacial score (nSPS) is 10.1. The number of nitrogens with zero attached hydrogens (tertiary/aromatic N) is 2. The van der Waals surface area contributed by atoms with Crippen LogP contribution in [0.15, 0.2) is 25.3 Å². The van der Waals surface area contributed by atoms with E-state index in [2.05, 4.69) is 61.3 Å². The molecule has 152 valence electrons. The summed E-state index contributed by atoms with van der Waals surface area (Å²) in [4.78, 5) is 26.2. The van der Waals surface area contributed by atoms with Gasteiger partial charge in [-0.25, -0.2) is 0 Å². The first kappa shape index (κ1) is 26.6. The van der Waals surface area contributed by atoms with Gasteiger partial charge in [-0.1, -0.05) is 40.9 Å². The summed E-state index contributed by atoms with van der Waals surface area (Å²) in [6.45, 7) is 23.2. The Morgan fingerprint density at radius 3 is 1.27 bits per heavy atom. The summed E-state index contributed by atoms with van der Waals surface area (Å²) in [7, 11) is 0. The summed E-state index contributed by atoms with van der Waals surface area (Å²) in [5, 5.41) is 5.50. The first-order chi connectivity index (χ1) is 12.5. The van der Waals surface area contributed by atoms with Crippen molar-refractivity contribution in [1.29, 1.82) is 0 Å². The van der Waals surface area contributed by atoms with E-state index in [-0.39, 0.29) is 11.8 Å². The minimum absolute atomic E-state index is 0.0838. The van der Waals surface area contributed by atoms with Gasteiger partial charge >= 0.3 is 0 Å². The quantitative estimate of drug-likeness (QED) is 0.364. The molecule has 2 amide bonds. The molecule has 6 heteroatoms. The van der Waals surface area contributed by atoms with E-state index in [0.29, 0.717) is 0 Å². The van der Waals surface area contributed by atoms with E-state index in [0.717, 1.165) is 65.2 Å². The first-order valence-corrected chi connectivity index (χ1v) is 9.73. The second kappa shape index (κ2) is 19.7. The zero-order valence-corrected chi connectivity index (χ0v) is 17.4. The van der Waals surface area contributed by atoms with Crippen molar-refractivity contribution in [3.63, 3.8) is 0 Å². The van der Waals surface area contributed by atoms with E-state index in [1.807, 2.05) is 0 Å². The third-order valence-electron chi connectivity index (χ3n) is 4.06. The second-order valence-electron chi connectivity index (χ2n) is 5.75. The molecule has 0 aliphatic rings. The summed E-state index contributed by atoms with van der Waals surface area (Å²) >= 11 is 0. The summed E-state index contributed by atoms with van der Waals surface area (Å²) in [6.07, 6.45) is 4.61. The van der Waals surface area contributed by atoms with Crippen molar-refractivity contribution in [2.45, 2.75) is 40.5 Å². The van der Waals surface area contributed by atoms with Crippen LogP contribution in [-0.4, -0.2) is 74.0 Å². The molecule has 0 saturated heterocycles. The highest BCUT2D eigenvalue weighted by Crippen LogP contribution is 1.89. The standard InChI is InChI=1S/2C10H20N2O/c2*1-4-10(13)11-8-7-9-12(5-2)6-3/h2*4H,1,5-9H2,2-3H3,(H,11,13). The zero-order chi connectivity index (χ0) is 20.2. The fourth-order valence-electron chi connectivity index (χ4n) is 2.25. The Balaban J connectivity index is 0. The fourth-order valence-corrected chi connectivity index (χ4v) is 2.25. The maximum absolute atomic E-state index is 10.8.